The molecule has 1 aromatic heterocycles. The Balaban J connectivity index is 0.00000208. The Morgan fingerprint density at radius 3 is 2.79 bits per heavy atom. The number of halogens is 1. The van der Waals surface area contributed by atoms with Gasteiger partial charge in [0.15, 0.2) is 0 Å². The molecular formula is C20H28ClNOS. The van der Waals surface area contributed by atoms with Crippen LogP contribution in [0.4, 0.5) is 0 Å². The molecule has 0 amide bonds. The number of hydrogen-bond acceptors (Lipinski definition) is 3. The topological polar surface area (TPSA) is 23.5 Å². The number of nitrogens with zero attached hydrogens (tertiary/aromatic N) is 1. The summed E-state index contributed by atoms with van der Waals surface area (Å²) in [6.45, 7) is 8.21. The molecule has 3 rings (SSSR count). The fourth-order valence-electron chi connectivity index (χ4n) is 3.74. The molecule has 1 aliphatic rings. The average molecular weight is 366 g/mol. The number of phenolic OH excluding ortho intramolecular Hbond substituents is 1. The van der Waals surface area contributed by atoms with Crippen LogP contribution in [0, 0.1) is 5.92 Å². The summed E-state index contributed by atoms with van der Waals surface area (Å²) in [4.78, 5) is 4.11. The lowest BCUT2D eigenvalue weighted by molar-refractivity contribution is 0.110. The number of rotatable bonds is 5. The van der Waals surface area contributed by atoms with Gasteiger partial charge in [-0.05, 0) is 72.8 Å². The molecule has 1 fully saturated rings. The fourth-order valence-corrected chi connectivity index (χ4v) is 4.49. The van der Waals surface area contributed by atoms with Crippen molar-refractivity contribution in [1.82, 2.24) is 4.90 Å². The van der Waals surface area contributed by atoms with Crippen LogP contribution in [0.15, 0.2) is 41.8 Å². The van der Waals surface area contributed by atoms with Gasteiger partial charge in [0.1, 0.15) is 5.75 Å². The Kier molecular flexibility index (Phi) is 6.73. The number of thiophene rings is 1. The molecule has 0 bridgehead atoms. The summed E-state index contributed by atoms with van der Waals surface area (Å²) in [5, 5.41) is 12.0. The standard InChI is InChI=1S/C20H27NOS.ClH/c1-16-15-21(11-4-8-19-9-5-13-23-19)12-10-20(16,2)17-6-3-7-18(22)14-17;/h3,5-7,9,13-14,16,22H,4,8,10-12,15H2,1-2H3;1H. The predicted octanol–water partition coefficient (Wildman–Crippen LogP) is 5.11. The zero-order valence-electron chi connectivity index (χ0n) is 14.6. The van der Waals surface area contributed by atoms with E-state index in [9.17, 15) is 5.11 Å². The first-order chi connectivity index (χ1) is 11.1. The largest absolute Gasteiger partial charge is 0.508 e. The molecule has 4 heteroatoms. The van der Waals surface area contributed by atoms with E-state index in [0.717, 1.165) is 19.5 Å². The molecule has 1 aliphatic heterocycles. The zero-order chi connectivity index (χ0) is 16.3. The Morgan fingerprint density at radius 2 is 2.12 bits per heavy atom. The van der Waals surface area contributed by atoms with Gasteiger partial charge in [-0.15, -0.1) is 23.7 Å². The van der Waals surface area contributed by atoms with Gasteiger partial charge in [-0.2, -0.15) is 0 Å². The van der Waals surface area contributed by atoms with Crippen molar-refractivity contribution in [3.05, 3.63) is 52.2 Å². The lowest BCUT2D eigenvalue weighted by atomic mass is 9.68. The predicted molar refractivity (Wildman–Crippen MR) is 106 cm³/mol. The fraction of sp³-hybridized carbons (Fsp3) is 0.500. The number of aryl methyl sites for hydroxylation is 1. The second-order valence-corrected chi connectivity index (χ2v) is 8.13. The highest BCUT2D eigenvalue weighted by Crippen LogP contribution is 2.40. The maximum Gasteiger partial charge on any atom is 0.115 e. The van der Waals surface area contributed by atoms with E-state index in [4.69, 9.17) is 0 Å². The third-order valence-corrected chi connectivity index (χ3v) is 6.49. The molecule has 2 aromatic rings. The van der Waals surface area contributed by atoms with Crippen molar-refractivity contribution in [3.8, 4) is 5.75 Å². The van der Waals surface area contributed by atoms with Crippen LogP contribution in [0.2, 0.25) is 0 Å². The average Bonchev–Trinajstić information content (AvgIpc) is 3.04. The first-order valence-corrected chi connectivity index (χ1v) is 9.50. The van der Waals surface area contributed by atoms with E-state index < -0.39 is 0 Å². The summed E-state index contributed by atoms with van der Waals surface area (Å²) in [6.07, 6.45) is 3.61. The summed E-state index contributed by atoms with van der Waals surface area (Å²) in [5.41, 5.74) is 1.45. The minimum atomic E-state index is 0. The van der Waals surface area contributed by atoms with Gasteiger partial charge >= 0.3 is 0 Å². The van der Waals surface area contributed by atoms with Crippen LogP contribution in [0.1, 0.15) is 37.1 Å². The van der Waals surface area contributed by atoms with Crippen molar-refractivity contribution in [2.75, 3.05) is 19.6 Å². The SMILES string of the molecule is CC1CN(CCCc2cccs2)CCC1(C)c1cccc(O)c1.Cl. The van der Waals surface area contributed by atoms with E-state index >= 15 is 0 Å². The number of hydrogen-bond donors (Lipinski definition) is 1. The number of piperidine rings is 1. The maximum atomic E-state index is 9.79. The van der Waals surface area contributed by atoms with Crippen molar-refractivity contribution in [3.63, 3.8) is 0 Å². The first-order valence-electron chi connectivity index (χ1n) is 8.62. The van der Waals surface area contributed by atoms with Gasteiger partial charge < -0.3 is 10.0 Å². The van der Waals surface area contributed by atoms with E-state index in [-0.39, 0.29) is 17.8 Å². The maximum absolute atomic E-state index is 9.79. The molecule has 0 radical (unpaired) electrons. The number of phenols is 1. The summed E-state index contributed by atoms with van der Waals surface area (Å²) in [7, 11) is 0. The molecule has 0 aliphatic carbocycles. The lowest BCUT2D eigenvalue weighted by Gasteiger charge is -2.45. The summed E-state index contributed by atoms with van der Waals surface area (Å²) in [5.74, 6) is 0.981. The van der Waals surface area contributed by atoms with Crippen molar-refractivity contribution in [2.24, 2.45) is 5.92 Å². The van der Waals surface area contributed by atoms with Crippen molar-refractivity contribution in [2.45, 2.75) is 38.5 Å². The smallest absolute Gasteiger partial charge is 0.115 e. The summed E-state index contributed by atoms with van der Waals surface area (Å²) < 4.78 is 0. The molecule has 2 atom stereocenters. The second-order valence-electron chi connectivity index (χ2n) is 7.10. The third-order valence-electron chi connectivity index (χ3n) is 5.55. The van der Waals surface area contributed by atoms with Crippen LogP contribution >= 0.6 is 23.7 Å². The highest BCUT2D eigenvalue weighted by atomic mass is 35.5. The van der Waals surface area contributed by atoms with Gasteiger partial charge in [0.25, 0.3) is 0 Å². The molecule has 2 unspecified atom stereocenters. The van der Waals surface area contributed by atoms with Crippen LogP contribution in [-0.4, -0.2) is 29.6 Å². The Bertz CT molecular complexity index is 630. The van der Waals surface area contributed by atoms with E-state index in [1.807, 2.05) is 23.5 Å². The van der Waals surface area contributed by atoms with Crippen LogP contribution in [-0.2, 0) is 11.8 Å². The molecule has 1 aromatic carbocycles. The van der Waals surface area contributed by atoms with Crippen LogP contribution in [0.25, 0.3) is 0 Å². The molecule has 2 nitrogen and oxygen atoms in total. The quantitative estimate of drug-likeness (QED) is 0.796. The van der Waals surface area contributed by atoms with E-state index in [1.54, 1.807) is 6.07 Å². The van der Waals surface area contributed by atoms with E-state index in [1.165, 1.54) is 29.8 Å². The highest BCUT2D eigenvalue weighted by molar-refractivity contribution is 7.09. The third kappa shape index (κ3) is 4.33. The monoisotopic (exact) mass is 365 g/mol. The Hall–Kier alpha value is -1.03. The second kappa shape index (κ2) is 8.37. The van der Waals surface area contributed by atoms with Crippen LogP contribution in [0.3, 0.4) is 0 Å². The number of benzene rings is 1. The minimum Gasteiger partial charge on any atom is -0.508 e. The highest BCUT2D eigenvalue weighted by Gasteiger charge is 2.37. The lowest BCUT2D eigenvalue weighted by Crippen LogP contribution is -2.47. The van der Waals surface area contributed by atoms with Gasteiger partial charge in [0.2, 0.25) is 0 Å². The van der Waals surface area contributed by atoms with Gasteiger partial charge in [-0.1, -0.05) is 32.0 Å². The molecular weight excluding hydrogens is 338 g/mol. The summed E-state index contributed by atoms with van der Waals surface area (Å²) in [6, 6.07) is 12.2. The minimum absolute atomic E-state index is 0. The first kappa shape index (κ1) is 19.3. The van der Waals surface area contributed by atoms with Gasteiger partial charge in [-0.25, -0.2) is 0 Å². The summed E-state index contributed by atoms with van der Waals surface area (Å²) >= 11 is 1.87. The van der Waals surface area contributed by atoms with Crippen molar-refractivity contribution >= 4 is 23.7 Å². The number of aromatic hydroxyl groups is 1. The Morgan fingerprint density at radius 1 is 1.29 bits per heavy atom. The van der Waals surface area contributed by atoms with Gasteiger partial charge in [0, 0.05) is 11.4 Å². The normalized spacial score (nSPS) is 24.5. The van der Waals surface area contributed by atoms with Crippen molar-refractivity contribution in [1.29, 1.82) is 0 Å². The van der Waals surface area contributed by atoms with E-state index in [0.29, 0.717) is 11.7 Å². The molecule has 24 heavy (non-hydrogen) atoms. The van der Waals surface area contributed by atoms with Gasteiger partial charge in [0.05, 0.1) is 0 Å². The van der Waals surface area contributed by atoms with E-state index in [2.05, 4.69) is 42.3 Å². The van der Waals surface area contributed by atoms with Crippen LogP contribution < -0.4 is 0 Å². The molecule has 0 spiro atoms. The molecule has 1 saturated heterocycles. The van der Waals surface area contributed by atoms with Crippen molar-refractivity contribution < 1.29 is 5.11 Å². The molecule has 0 saturated carbocycles. The van der Waals surface area contributed by atoms with Gasteiger partial charge in [-0.3, -0.25) is 0 Å². The number of likely N-dealkylation sites (tertiary alicyclic amines) is 1. The molecule has 2 heterocycles. The zero-order valence-corrected chi connectivity index (χ0v) is 16.2. The van der Waals surface area contributed by atoms with Crippen LogP contribution in [0.5, 0.6) is 5.75 Å². The molecule has 1 N–H and O–H groups in total. The molecule has 132 valence electrons. The Labute approximate surface area is 155 Å².